The monoisotopic (exact) mass is 191 g/mol. The van der Waals surface area contributed by atoms with E-state index in [0.717, 1.165) is 13.0 Å². The van der Waals surface area contributed by atoms with Crippen molar-refractivity contribution in [3.8, 4) is 0 Å². The summed E-state index contributed by atoms with van der Waals surface area (Å²) in [5.74, 6) is -0.197. The van der Waals surface area contributed by atoms with Crippen molar-refractivity contribution in [3.63, 3.8) is 0 Å². The molecule has 1 fully saturated rings. The summed E-state index contributed by atoms with van der Waals surface area (Å²) in [6, 6.07) is -0.244. The van der Waals surface area contributed by atoms with E-state index in [1.54, 1.807) is 6.92 Å². The average Bonchev–Trinajstić information content (AvgIpc) is 2.32. The van der Waals surface area contributed by atoms with E-state index in [0.29, 0.717) is 6.61 Å². The molecule has 1 heterocycles. The number of esters is 1. The lowest BCUT2D eigenvalue weighted by atomic mass is 10.2. The Balaban J connectivity index is 2.53. The highest BCUT2D eigenvalue weighted by atomic mass is 35.5. The normalized spacial score (nSPS) is 30.6. The Labute approximate surface area is 77.6 Å². The van der Waals surface area contributed by atoms with Crippen LogP contribution in [0.3, 0.4) is 0 Å². The fourth-order valence-electron chi connectivity index (χ4n) is 1.46. The van der Waals surface area contributed by atoms with Gasteiger partial charge in [0.15, 0.2) is 0 Å². The lowest BCUT2D eigenvalue weighted by Crippen LogP contribution is -2.39. The molecule has 0 amide bonds. The Bertz CT molecular complexity index is 164. The number of likely N-dealkylation sites (N-methyl/N-ethyl adjacent to an activating group) is 1. The van der Waals surface area contributed by atoms with Crippen LogP contribution in [0.2, 0.25) is 0 Å². The molecule has 4 heteroatoms. The van der Waals surface area contributed by atoms with Crippen molar-refractivity contribution < 1.29 is 9.53 Å². The summed E-state index contributed by atoms with van der Waals surface area (Å²) >= 11 is 5.96. The van der Waals surface area contributed by atoms with Crippen LogP contribution in [0.4, 0.5) is 0 Å². The van der Waals surface area contributed by atoms with E-state index in [4.69, 9.17) is 16.3 Å². The maximum Gasteiger partial charge on any atom is 0.324 e. The van der Waals surface area contributed by atoms with Gasteiger partial charge in [-0.25, -0.2) is 0 Å². The number of rotatable bonds is 2. The number of hydrogen-bond acceptors (Lipinski definition) is 3. The van der Waals surface area contributed by atoms with Crippen LogP contribution in [0.25, 0.3) is 0 Å². The lowest BCUT2D eigenvalue weighted by Gasteiger charge is -2.19. The van der Waals surface area contributed by atoms with Gasteiger partial charge in [-0.05, 0) is 20.4 Å². The zero-order valence-electron chi connectivity index (χ0n) is 7.42. The zero-order chi connectivity index (χ0) is 9.14. The molecular weight excluding hydrogens is 178 g/mol. The first-order valence-corrected chi connectivity index (χ1v) is 4.61. The second-order valence-electron chi connectivity index (χ2n) is 2.98. The van der Waals surface area contributed by atoms with Crippen LogP contribution in [-0.4, -0.2) is 42.5 Å². The van der Waals surface area contributed by atoms with Gasteiger partial charge in [0, 0.05) is 6.54 Å². The van der Waals surface area contributed by atoms with Crippen LogP contribution in [0, 0.1) is 0 Å². The summed E-state index contributed by atoms with van der Waals surface area (Å²) in [5, 5.41) is -0.0888. The molecule has 0 aromatic heterocycles. The van der Waals surface area contributed by atoms with Gasteiger partial charge in [0.05, 0.1) is 12.0 Å². The molecule has 1 rings (SSSR count). The van der Waals surface area contributed by atoms with Crippen molar-refractivity contribution in [2.24, 2.45) is 0 Å². The minimum absolute atomic E-state index is 0.0888. The van der Waals surface area contributed by atoms with E-state index >= 15 is 0 Å². The molecule has 0 aromatic rings. The largest absolute Gasteiger partial charge is 0.465 e. The van der Waals surface area contributed by atoms with Crippen LogP contribution < -0.4 is 0 Å². The van der Waals surface area contributed by atoms with Gasteiger partial charge < -0.3 is 4.74 Å². The molecule has 12 heavy (non-hydrogen) atoms. The fourth-order valence-corrected chi connectivity index (χ4v) is 1.85. The van der Waals surface area contributed by atoms with Gasteiger partial charge in [-0.2, -0.15) is 0 Å². The van der Waals surface area contributed by atoms with Crippen LogP contribution in [-0.2, 0) is 9.53 Å². The molecule has 1 aliphatic heterocycles. The summed E-state index contributed by atoms with van der Waals surface area (Å²) in [6.45, 7) is 3.10. The Morgan fingerprint density at radius 1 is 1.75 bits per heavy atom. The van der Waals surface area contributed by atoms with E-state index in [2.05, 4.69) is 0 Å². The molecule has 0 spiro atoms. The average molecular weight is 192 g/mol. The number of ether oxygens (including phenoxy) is 1. The Morgan fingerprint density at radius 2 is 2.42 bits per heavy atom. The highest BCUT2D eigenvalue weighted by Gasteiger charge is 2.36. The molecule has 0 saturated carbocycles. The maximum atomic E-state index is 11.3. The first-order chi connectivity index (χ1) is 5.66. The quantitative estimate of drug-likeness (QED) is 0.479. The summed E-state index contributed by atoms with van der Waals surface area (Å²) < 4.78 is 4.90. The minimum Gasteiger partial charge on any atom is -0.465 e. The van der Waals surface area contributed by atoms with Crippen molar-refractivity contribution in [1.29, 1.82) is 0 Å². The third-order valence-corrected chi connectivity index (χ3v) is 2.56. The Kier molecular flexibility index (Phi) is 3.35. The third kappa shape index (κ3) is 1.90. The molecule has 0 N–H and O–H groups in total. The molecule has 1 aliphatic rings. The summed E-state index contributed by atoms with van der Waals surface area (Å²) in [5.41, 5.74) is 0. The van der Waals surface area contributed by atoms with Crippen LogP contribution in [0.15, 0.2) is 0 Å². The van der Waals surface area contributed by atoms with Gasteiger partial charge >= 0.3 is 5.97 Å². The summed E-state index contributed by atoms with van der Waals surface area (Å²) in [7, 11) is 1.89. The molecule has 0 bridgehead atoms. The number of nitrogens with zero attached hydrogens (tertiary/aromatic N) is 1. The molecule has 0 aliphatic carbocycles. The standard InChI is InChI=1S/C8H14ClNO2/c1-3-12-8(11)7-6(9)4-5-10(7)2/h6-7H,3-5H2,1-2H3/t6-,7+/m0/s1. The summed E-state index contributed by atoms with van der Waals surface area (Å²) in [6.07, 6.45) is 0.863. The second kappa shape index (κ2) is 4.10. The van der Waals surface area contributed by atoms with Crippen LogP contribution >= 0.6 is 11.6 Å². The number of halogens is 1. The number of alkyl halides is 1. The first-order valence-electron chi connectivity index (χ1n) is 4.17. The predicted molar refractivity (Wildman–Crippen MR) is 47.3 cm³/mol. The highest BCUT2D eigenvalue weighted by Crippen LogP contribution is 2.22. The first kappa shape index (κ1) is 9.81. The second-order valence-corrected chi connectivity index (χ2v) is 3.54. The number of carbonyl (C=O) groups excluding carboxylic acids is 1. The molecule has 3 nitrogen and oxygen atoms in total. The predicted octanol–water partition coefficient (Wildman–Crippen LogP) is 0.861. The summed E-state index contributed by atoms with van der Waals surface area (Å²) in [4.78, 5) is 13.3. The van der Waals surface area contributed by atoms with Crippen molar-refractivity contribution in [2.75, 3.05) is 20.2 Å². The van der Waals surface area contributed by atoms with Crippen molar-refractivity contribution in [2.45, 2.75) is 24.8 Å². The number of hydrogen-bond donors (Lipinski definition) is 0. The van der Waals surface area contributed by atoms with E-state index in [1.807, 2.05) is 11.9 Å². The van der Waals surface area contributed by atoms with Crippen LogP contribution in [0.5, 0.6) is 0 Å². The molecule has 2 atom stereocenters. The smallest absolute Gasteiger partial charge is 0.324 e. The van der Waals surface area contributed by atoms with Crippen molar-refractivity contribution in [1.82, 2.24) is 4.90 Å². The van der Waals surface area contributed by atoms with Crippen molar-refractivity contribution in [3.05, 3.63) is 0 Å². The molecule has 0 aromatic carbocycles. The fraction of sp³-hybridized carbons (Fsp3) is 0.875. The Morgan fingerprint density at radius 3 is 2.83 bits per heavy atom. The van der Waals surface area contributed by atoms with Gasteiger partial charge in [-0.3, -0.25) is 9.69 Å². The van der Waals surface area contributed by atoms with E-state index in [9.17, 15) is 4.79 Å². The zero-order valence-corrected chi connectivity index (χ0v) is 8.17. The van der Waals surface area contributed by atoms with E-state index in [-0.39, 0.29) is 17.4 Å². The molecule has 70 valence electrons. The van der Waals surface area contributed by atoms with Gasteiger partial charge in [0.2, 0.25) is 0 Å². The number of carbonyl (C=O) groups is 1. The Hall–Kier alpha value is -0.280. The highest BCUT2D eigenvalue weighted by molar-refractivity contribution is 6.22. The van der Waals surface area contributed by atoms with Gasteiger partial charge in [-0.15, -0.1) is 11.6 Å². The van der Waals surface area contributed by atoms with Gasteiger partial charge in [-0.1, -0.05) is 0 Å². The molecule has 1 saturated heterocycles. The van der Waals surface area contributed by atoms with Gasteiger partial charge in [0.1, 0.15) is 6.04 Å². The van der Waals surface area contributed by atoms with Gasteiger partial charge in [0.25, 0.3) is 0 Å². The number of likely N-dealkylation sites (tertiary alicyclic amines) is 1. The molecule has 0 radical (unpaired) electrons. The minimum atomic E-state index is -0.244. The SMILES string of the molecule is CCOC(=O)[C@H]1[C@@H](Cl)CCN1C. The van der Waals surface area contributed by atoms with Crippen LogP contribution in [0.1, 0.15) is 13.3 Å². The van der Waals surface area contributed by atoms with E-state index in [1.165, 1.54) is 0 Å². The van der Waals surface area contributed by atoms with E-state index < -0.39 is 0 Å². The third-order valence-electron chi connectivity index (χ3n) is 2.10. The molecule has 0 unspecified atom stereocenters. The topological polar surface area (TPSA) is 29.5 Å². The van der Waals surface area contributed by atoms with Crippen molar-refractivity contribution >= 4 is 17.6 Å². The molecular formula is C8H14ClNO2. The maximum absolute atomic E-state index is 11.3. The lowest BCUT2D eigenvalue weighted by molar-refractivity contribution is -0.147.